The lowest BCUT2D eigenvalue weighted by Crippen LogP contribution is -2.54. The van der Waals surface area contributed by atoms with Crippen molar-refractivity contribution < 1.29 is 12.6 Å². The molecule has 4 saturated carbocycles. The predicted molar refractivity (Wildman–Crippen MR) is 156 cm³/mol. The second-order valence-electron chi connectivity index (χ2n) is 14.9. The molecule has 4 aliphatic rings. The minimum atomic E-state index is -3.70. The van der Waals surface area contributed by atoms with Crippen LogP contribution in [0.5, 0.6) is 0 Å². The van der Waals surface area contributed by atoms with Crippen molar-refractivity contribution in [2.24, 2.45) is 52.3 Å². The normalized spacial score (nSPS) is 39.9. The van der Waals surface area contributed by atoms with Crippen LogP contribution in [0.1, 0.15) is 117 Å². The molecule has 4 heteroatoms. The van der Waals surface area contributed by atoms with E-state index in [1.54, 1.807) is 12.1 Å². The summed E-state index contributed by atoms with van der Waals surface area (Å²) in [6, 6.07) is 7.07. The van der Waals surface area contributed by atoms with Gasteiger partial charge in [-0.1, -0.05) is 71.6 Å². The van der Waals surface area contributed by atoms with Crippen LogP contribution in [0.2, 0.25) is 0 Å². The lowest BCUT2D eigenvalue weighted by molar-refractivity contribution is -0.126. The molecule has 2 unspecified atom stereocenters. The van der Waals surface area contributed by atoms with Crippen molar-refractivity contribution in [1.29, 1.82) is 0 Å². The third-order valence-electron chi connectivity index (χ3n) is 12.4. The van der Waals surface area contributed by atoms with Crippen molar-refractivity contribution in [3.63, 3.8) is 0 Å². The molecule has 5 rings (SSSR count). The molecule has 1 aromatic carbocycles. The van der Waals surface area contributed by atoms with Gasteiger partial charge in [0.1, 0.15) is 0 Å². The van der Waals surface area contributed by atoms with E-state index in [1.165, 1.54) is 57.8 Å². The minimum Gasteiger partial charge on any atom is -0.263 e. The molecule has 3 nitrogen and oxygen atoms in total. The highest BCUT2D eigenvalue weighted by Crippen LogP contribution is 2.68. The smallest absolute Gasteiger partial charge is 0.263 e. The summed E-state index contributed by atoms with van der Waals surface area (Å²) >= 11 is 0. The van der Waals surface area contributed by atoms with Gasteiger partial charge >= 0.3 is 0 Å². The van der Waals surface area contributed by atoms with Gasteiger partial charge in [-0.3, -0.25) is 4.18 Å². The quantitative estimate of drug-likeness (QED) is 0.308. The molecule has 0 heterocycles. The second-order valence-corrected chi connectivity index (χ2v) is 16.5. The topological polar surface area (TPSA) is 43.4 Å². The standard InChI is InChI=1S/C34H54O3S/c1-23(2)8-7-9-25(4)30-16-17-31-29-15-12-26-22-27(37-38(35,36)28-13-10-24(3)11-14-28)18-20-33(26,5)32(29)19-21-34(30,31)6/h10-11,13-14,23,25-27,29-32H,7-9,12,15-22H2,1-6H3/t25-,26?,27?,29+,30-,31+,32+,33+,34-/m1/s1. The molecule has 0 aliphatic heterocycles. The number of rotatable bonds is 8. The maximum Gasteiger partial charge on any atom is 0.297 e. The van der Waals surface area contributed by atoms with E-state index in [0.29, 0.717) is 21.6 Å². The maximum atomic E-state index is 13.0. The van der Waals surface area contributed by atoms with Crippen LogP contribution in [0.3, 0.4) is 0 Å². The number of hydrogen-bond acceptors (Lipinski definition) is 3. The van der Waals surface area contributed by atoms with Gasteiger partial charge in [0, 0.05) is 0 Å². The molecule has 0 N–H and O–H groups in total. The molecule has 0 saturated heterocycles. The van der Waals surface area contributed by atoms with Crippen LogP contribution >= 0.6 is 0 Å². The molecule has 4 fully saturated rings. The van der Waals surface area contributed by atoms with E-state index in [2.05, 4.69) is 34.6 Å². The van der Waals surface area contributed by atoms with Gasteiger partial charge in [-0.2, -0.15) is 8.42 Å². The molecule has 0 bridgehead atoms. The summed E-state index contributed by atoms with van der Waals surface area (Å²) in [5, 5.41) is 0. The van der Waals surface area contributed by atoms with Gasteiger partial charge < -0.3 is 0 Å². The predicted octanol–water partition coefficient (Wildman–Crippen LogP) is 9.19. The van der Waals surface area contributed by atoms with Crippen LogP contribution in [-0.2, 0) is 14.3 Å². The van der Waals surface area contributed by atoms with Crippen LogP contribution < -0.4 is 0 Å². The Kier molecular flexibility index (Phi) is 8.17. The first-order chi connectivity index (χ1) is 17.9. The number of aryl methyl sites for hydroxylation is 1. The number of fused-ring (bicyclic) bond motifs is 5. The second kappa shape index (κ2) is 10.8. The lowest BCUT2D eigenvalue weighted by Gasteiger charge is -2.61. The molecule has 38 heavy (non-hydrogen) atoms. The zero-order valence-electron chi connectivity index (χ0n) is 25.0. The Morgan fingerprint density at radius 1 is 0.868 bits per heavy atom. The Morgan fingerprint density at radius 2 is 1.55 bits per heavy atom. The Balaban J connectivity index is 1.24. The third-order valence-corrected chi connectivity index (χ3v) is 13.8. The Morgan fingerprint density at radius 3 is 2.26 bits per heavy atom. The molecule has 1 aromatic rings. The maximum absolute atomic E-state index is 13.0. The Hall–Kier alpha value is -0.870. The summed E-state index contributed by atoms with van der Waals surface area (Å²) < 4.78 is 31.9. The van der Waals surface area contributed by atoms with Gasteiger partial charge in [0.15, 0.2) is 0 Å². The first-order valence-electron chi connectivity index (χ1n) is 15.9. The SMILES string of the molecule is Cc1ccc(S(=O)(=O)OC2CC[C@@]3(C)C(CC[C@H]4[C@@H]5CC[C@H]([C@H](C)CCCC(C)C)[C@@]5(C)CC[C@@H]43)C2)cc1. The molecule has 0 radical (unpaired) electrons. The van der Waals surface area contributed by atoms with Crippen molar-refractivity contribution in [1.82, 2.24) is 0 Å². The fourth-order valence-electron chi connectivity index (χ4n) is 10.3. The molecule has 9 atom stereocenters. The van der Waals surface area contributed by atoms with Crippen molar-refractivity contribution in [2.45, 2.75) is 130 Å². The van der Waals surface area contributed by atoms with Crippen molar-refractivity contribution in [3.8, 4) is 0 Å². The highest BCUT2D eigenvalue weighted by molar-refractivity contribution is 7.86. The molecule has 0 aromatic heterocycles. The highest BCUT2D eigenvalue weighted by Gasteiger charge is 2.60. The summed E-state index contributed by atoms with van der Waals surface area (Å²) in [6.07, 6.45) is 15.2. The zero-order valence-corrected chi connectivity index (χ0v) is 25.9. The lowest BCUT2D eigenvalue weighted by atomic mass is 9.44. The van der Waals surface area contributed by atoms with Crippen LogP contribution in [-0.4, -0.2) is 14.5 Å². The third kappa shape index (κ3) is 5.27. The van der Waals surface area contributed by atoms with Crippen LogP contribution in [0.4, 0.5) is 0 Å². The summed E-state index contributed by atoms with van der Waals surface area (Å²) in [7, 11) is -3.70. The van der Waals surface area contributed by atoms with E-state index >= 15 is 0 Å². The summed E-state index contributed by atoms with van der Waals surface area (Å²) in [4.78, 5) is 0.293. The summed E-state index contributed by atoms with van der Waals surface area (Å²) in [5.74, 6) is 5.75. The fourth-order valence-corrected chi connectivity index (χ4v) is 11.4. The average Bonchev–Trinajstić information content (AvgIpc) is 3.21. The minimum absolute atomic E-state index is 0.174. The van der Waals surface area contributed by atoms with E-state index in [1.807, 2.05) is 19.1 Å². The molecule has 4 aliphatic carbocycles. The Labute approximate surface area is 234 Å². The van der Waals surface area contributed by atoms with E-state index in [0.717, 1.165) is 60.3 Å². The van der Waals surface area contributed by atoms with Crippen molar-refractivity contribution in [3.05, 3.63) is 29.8 Å². The van der Waals surface area contributed by atoms with Crippen LogP contribution in [0, 0.1) is 59.2 Å². The average molecular weight is 543 g/mol. The monoisotopic (exact) mass is 542 g/mol. The fraction of sp³-hybridized carbons (Fsp3) is 0.824. The number of benzene rings is 1. The molecule has 214 valence electrons. The first kappa shape index (κ1) is 28.7. The van der Waals surface area contributed by atoms with Crippen molar-refractivity contribution in [2.75, 3.05) is 0 Å². The summed E-state index contributed by atoms with van der Waals surface area (Å²) in [6.45, 7) is 14.5. The van der Waals surface area contributed by atoms with Crippen LogP contribution in [0.25, 0.3) is 0 Å². The first-order valence-corrected chi connectivity index (χ1v) is 17.3. The van der Waals surface area contributed by atoms with E-state index in [4.69, 9.17) is 4.18 Å². The van der Waals surface area contributed by atoms with Gasteiger partial charge in [-0.05, 0) is 129 Å². The van der Waals surface area contributed by atoms with E-state index < -0.39 is 10.1 Å². The molecule has 0 spiro atoms. The van der Waals surface area contributed by atoms with E-state index in [9.17, 15) is 8.42 Å². The largest absolute Gasteiger partial charge is 0.297 e. The van der Waals surface area contributed by atoms with Gasteiger partial charge in [0.2, 0.25) is 0 Å². The highest BCUT2D eigenvalue weighted by atomic mass is 32.2. The van der Waals surface area contributed by atoms with Crippen LogP contribution in [0.15, 0.2) is 29.2 Å². The van der Waals surface area contributed by atoms with E-state index in [-0.39, 0.29) is 6.10 Å². The molecular weight excluding hydrogens is 488 g/mol. The number of hydrogen-bond donors (Lipinski definition) is 0. The van der Waals surface area contributed by atoms with Gasteiger partial charge in [0.05, 0.1) is 11.0 Å². The molecular formula is C34H54O3S. The van der Waals surface area contributed by atoms with Gasteiger partial charge in [-0.15, -0.1) is 0 Å². The summed E-state index contributed by atoms with van der Waals surface area (Å²) in [5.41, 5.74) is 1.94. The molecule has 0 amide bonds. The van der Waals surface area contributed by atoms with Crippen molar-refractivity contribution >= 4 is 10.1 Å². The Bertz CT molecular complexity index is 1060. The van der Waals surface area contributed by atoms with Gasteiger partial charge in [0.25, 0.3) is 10.1 Å². The zero-order chi connectivity index (χ0) is 27.3. The van der Waals surface area contributed by atoms with Gasteiger partial charge in [-0.25, -0.2) is 0 Å².